The number of rotatable bonds is 9. The fourth-order valence-corrected chi connectivity index (χ4v) is 5.18. The Morgan fingerprint density at radius 1 is 1.16 bits per heavy atom. The minimum atomic E-state index is 0.771. The molecule has 19 heavy (non-hydrogen) atoms. The molecule has 0 heterocycles. The first kappa shape index (κ1) is 15.7. The second kappa shape index (κ2) is 7.93. The fraction of sp³-hybridized carbons (Fsp3) is 1.00. The molecule has 0 spiro atoms. The third kappa shape index (κ3) is 4.97. The normalized spacial score (nSPS) is 31.3. The molecule has 0 aromatic carbocycles. The molecule has 2 fully saturated rings. The Kier molecular flexibility index (Phi) is 6.55. The van der Waals surface area contributed by atoms with E-state index in [1.807, 2.05) is 0 Å². The third-order valence-corrected chi connectivity index (χ3v) is 6.47. The predicted molar refractivity (Wildman–Crippen MR) is 87.8 cm³/mol. The highest BCUT2D eigenvalue weighted by molar-refractivity contribution is 7.99. The summed E-state index contributed by atoms with van der Waals surface area (Å²) in [4.78, 5) is 0. The fourth-order valence-electron chi connectivity index (χ4n) is 4.04. The zero-order chi connectivity index (χ0) is 13.7. The van der Waals surface area contributed by atoms with Crippen molar-refractivity contribution in [3.8, 4) is 0 Å². The van der Waals surface area contributed by atoms with Crippen LogP contribution in [0.3, 0.4) is 0 Å². The van der Waals surface area contributed by atoms with E-state index in [0.717, 1.165) is 29.7 Å². The first-order chi connectivity index (χ1) is 9.19. The van der Waals surface area contributed by atoms with Crippen LogP contribution < -0.4 is 5.32 Å². The van der Waals surface area contributed by atoms with Crippen molar-refractivity contribution in [1.29, 1.82) is 0 Å². The molecule has 2 heteroatoms. The third-order valence-electron chi connectivity index (χ3n) is 4.93. The van der Waals surface area contributed by atoms with Crippen molar-refractivity contribution in [2.75, 3.05) is 18.1 Å². The molecule has 0 aromatic heterocycles. The number of thioether (sulfide) groups is 1. The Morgan fingerprint density at radius 2 is 2.00 bits per heavy atom. The summed E-state index contributed by atoms with van der Waals surface area (Å²) in [6.45, 7) is 8.14. The van der Waals surface area contributed by atoms with Gasteiger partial charge in [0, 0.05) is 11.8 Å². The van der Waals surface area contributed by atoms with Gasteiger partial charge < -0.3 is 5.32 Å². The summed E-state index contributed by atoms with van der Waals surface area (Å²) in [6, 6.07) is 0.771. The van der Waals surface area contributed by atoms with Crippen LogP contribution in [0.2, 0.25) is 0 Å². The minimum Gasteiger partial charge on any atom is -0.313 e. The Morgan fingerprint density at radius 3 is 2.58 bits per heavy atom. The molecule has 1 nitrogen and oxygen atoms in total. The van der Waals surface area contributed by atoms with E-state index in [1.165, 1.54) is 43.7 Å². The second-order valence-electron chi connectivity index (χ2n) is 7.25. The van der Waals surface area contributed by atoms with Crippen molar-refractivity contribution in [1.82, 2.24) is 5.32 Å². The van der Waals surface area contributed by atoms with Crippen LogP contribution in [0.15, 0.2) is 0 Å². The van der Waals surface area contributed by atoms with E-state index < -0.39 is 0 Å². The summed E-state index contributed by atoms with van der Waals surface area (Å²) in [5.41, 5.74) is 0. The van der Waals surface area contributed by atoms with Gasteiger partial charge >= 0.3 is 0 Å². The summed E-state index contributed by atoms with van der Waals surface area (Å²) >= 11 is 2.16. The molecule has 2 aliphatic rings. The largest absolute Gasteiger partial charge is 0.313 e. The molecule has 2 rings (SSSR count). The maximum Gasteiger partial charge on any atom is 0.0160 e. The summed E-state index contributed by atoms with van der Waals surface area (Å²) < 4.78 is 0. The van der Waals surface area contributed by atoms with Crippen molar-refractivity contribution in [3.63, 3.8) is 0 Å². The molecule has 2 bridgehead atoms. The predicted octanol–water partition coefficient (Wildman–Crippen LogP) is 4.57. The lowest BCUT2D eigenvalue weighted by atomic mass is 9.84. The van der Waals surface area contributed by atoms with Gasteiger partial charge in [-0.1, -0.05) is 27.2 Å². The zero-order valence-corrected chi connectivity index (χ0v) is 14.0. The molecule has 0 radical (unpaired) electrons. The van der Waals surface area contributed by atoms with Crippen molar-refractivity contribution in [2.24, 2.45) is 23.7 Å². The molecule has 0 saturated heterocycles. The van der Waals surface area contributed by atoms with Gasteiger partial charge in [0.25, 0.3) is 0 Å². The number of hydrogen-bond acceptors (Lipinski definition) is 2. The Bertz CT molecular complexity index is 254. The van der Waals surface area contributed by atoms with Gasteiger partial charge in [-0.2, -0.15) is 11.8 Å². The van der Waals surface area contributed by atoms with Gasteiger partial charge in [-0.15, -0.1) is 0 Å². The number of nitrogens with one attached hydrogen (secondary N) is 1. The first-order valence-electron chi connectivity index (χ1n) is 8.50. The highest BCUT2D eigenvalue weighted by Crippen LogP contribution is 2.49. The number of fused-ring (bicyclic) bond motifs is 2. The highest BCUT2D eigenvalue weighted by atomic mass is 32.2. The molecule has 1 N–H and O–H groups in total. The molecule has 0 aromatic rings. The molecular weight excluding hydrogens is 250 g/mol. The van der Waals surface area contributed by atoms with E-state index in [0.29, 0.717) is 0 Å². The van der Waals surface area contributed by atoms with E-state index in [1.54, 1.807) is 12.8 Å². The standard InChI is InChI=1S/C17H33NS/c1-4-7-18-17(12-19-11-13(2)3)10-16-9-14-5-6-15(16)8-14/h13-18H,4-12H2,1-3H3. The maximum atomic E-state index is 3.81. The van der Waals surface area contributed by atoms with Crippen LogP contribution in [0.4, 0.5) is 0 Å². The first-order valence-corrected chi connectivity index (χ1v) is 9.65. The monoisotopic (exact) mass is 283 g/mol. The molecule has 0 amide bonds. The Balaban J connectivity index is 1.73. The van der Waals surface area contributed by atoms with Gasteiger partial charge in [-0.25, -0.2) is 0 Å². The molecule has 4 unspecified atom stereocenters. The molecule has 0 aliphatic heterocycles. The molecule has 2 saturated carbocycles. The summed E-state index contributed by atoms with van der Waals surface area (Å²) in [5.74, 6) is 6.72. The van der Waals surface area contributed by atoms with Gasteiger partial charge in [-0.3, -0.25) is 0 Å². The van der Waals surface area contributed by atoms with Crippen LogP contribution in [-0.4, -0.2) is 24.1 Å². The van der Waals surface area contributed by atoms with E-state index >= 15 is 0 Å². The lowest BCUT2D eigenvalue weighted by molar-refractivity contribution is 0.286. The summed E-state index contributed by atoms with van der Waals surface area (Å²) in [7, 11) is 0. The van der Waals surface area contributed by atoms with Crippen LogP contribution >= 0.6 is 11.8 Å². The molecular formula is C17H33NS. The lowest BCUT2D eigenvalue weighted by Crippen LogP contribution is -2.35. The van der Waals surface area contributed by atoms with Crippen LogP contribution in [0.1, 0.15) is 59.3 Å². The van der Waals surface area contributed by atoms with Crippen LogP contribution in [0.5, 0.6) is 0 Å². The van der Waals surface area contributed by atoms with Crippen molar-refractivity contribution in [2.45, 2.75) is 65.3 Å². The Labute approximate surface area is 124 Å². The summed E-state index contributed by atoms with van der Waals surface area (Å²) in [5, 5.41) is 3.81. The van der Waals surface area contributed by atoms with E-state index in [2.05, 4.69) is 37.8 Å². The molecule has 112 valence electrons. The van der Waals surface area contributed by atoms with Gasteiger partial charge in [0.2, 0.25) is 0 Å². The van der Waals surface area contributed by atoms with Gasteiger partial charge in [0.15, 0.2) is 0 Å². The average Bonchev–Trinajstić information content (AvgIpc) is 2.97. The van der Waals surface area contributed by atoms with Crippen molar-refractivity contribution < 1.29 is 0 Å². The van der Waals surface area contributed by atoms with Gasteiger partial charge in [0.05, 0.1) is 0 Å². The smallest absolute Gasteiger partial charge is 0.0160 e. The van der Waals surface area contributed by atoms with Crippen LogP contribution in [0, 0.1) is 23.7 Å². The minimum absolute atomic E-state index is 0.771. The highest BCUT2D eigenvalue weighted by Gasteiger charge is 2.39. The SMILES string of the molecule is CCCNC(CSCC(C)C)CC1CC2CCC1C2. The maximum absolute atomic E-state index is 3.81. The van der Waals surface area contributed by atoms with Gasteiger partial charge in [-0.05, 0) is 68.1 Å². The quantitative estimate of drug-likeness (QED) is 0.665. The second-order valence-corrected chi connectivity index (χ2v) is 8.33. The lowest BCUT2D eigenvalue weighted by Gasteiger charge is -2.27. The van der Waals surface area contributed by atoms with Crippen LogP contribution in [-0.2, 0) is 0 Å². The summed E-state index contributed by atoms with van der Waals surface area (Å²) in [6.07, 6.45) is 8.90. The van der Waals surface area contributed by atoms with E-state index in [-0.39, 0.29) is 0 Å². The number of hydrogen-bond donors (Lipinski definition) is 1. The Hall–Kier alpha value is 0.310. The van der Waals surface area contributed by atoms with Crippen molar-refractivity contribution >= 4 is 11.8 Å². The van der Waals surface area contributed by atoms with E-state index in [9.17, 15) is 0 Å². The molecule has 2 aliphatic carbocycles. The van der Waals surface area contributed by atoms with Crippen molar-refractivity contribution in [3.05, 3.63) is 0 Å². The zero-order valence-electron chi connectivity index (χ0n) is 13.2. The van der Waals surface area contributed by atoms with Crippen LogP contribution in [0.25, 0.3) is 0 Å². The molecule has 4 atom stereocenters. The van der Waals surface area contributed by atoms with E-state index in [4.69, 9.17) is 0 Å². The average molecular weight is 284 g/mol. The topological polar surface area (TPSA) is 12.0 Å². The van der Waals surface area contributed by atoms with Gasteiger partial charge in [0.1, 0.15) is 0 Å².